The maximum Gasteiger partial charge on any atom is 0.271 e. The molecule has 2 aromatic rings. The summed E-state index contributed by atoms with van der Waals surface area (Å²) in [5.41, 5.74) is 4.99. The summed E-state index contributed by atoms with van der Waals surface area (Å²) in [7, 11) is 0. The number of hydrogen-bond donors (Lipinski definition) is 1. The van der Waals surface area contributed by atoms with Gasteiger partial charge in [0.1, 0.15) is 5.37 Å². The van der Waals surface area contributed by atoms with Crippen LogP contribution in [0.1, 0.15) is 21.6 Å². The summed E-state index contributed by atoms with van der Waals surface area (Å²) in [6.07, 6.45) is 5.37. The van der Waals surface area contributed by atoms with E-state index >= 15 is 0 Å². The molecule has 1 aromatic carbocycles. The van der Waals surface area contributed by atoms with Crippen molar-refractivity contribution in [2.24, 2.45) is 0 Å². The Morgan fingerprint density at radius 2 is 2.08 bits per heavy atom. The maximum atomic E-state index is 12.3. The lowest BCUT2D eigenvalue weighted by Gasteiger charge is -2.22. The van der Waals surface area contributed by atoms with E-state index in [0.29, 0.717) is 11.3 Å². The number of benzene rings is 1. The number of thioether (sulfide) groups is 1. The van der Waals surface area contributed by atoms with E-state index in [1.807, 2.05) is 49.4 Å². The third kappa shape index (κ3) is 3.83. The number of aromatic nitrogens is 1. The second-order valence-corrected chi connectivity index (χ2v) is 6.47. The number of carbonyl (C=O) groups excluding carboxylic acids is 2. The van der Waals surface area contributed by atoms with Gasteiger partial charge < -0.3 is 0 Å². The lowest BCUT2D eigenvalue weighted by Crippen LogP contribution is -2.46. The molecule has 1 N–H and O–H groups in total. The van der Waals surface area contributed by atoms with Crippen LogP contribution in [0.25, 0.3) is 6.08 Å². The molecule has 3 rings (SSSR count). The maximum absolute atomic E-state index is 12.3. The number of carbonyl (C=O) groups is 2. The van der Waals surface area contributed by atoms with Gasteiger partial charge in [0, 0.05) is 11.9 Å². The molecule has 0 bridgehead atoms. The van der Waals surface area contributed by atoms with E-state index in [1.54, 1.807) is 12.1 Å². The molecule has 24 heavy (non-hydrogen) atoms. The molecule has 0 radical (unpaired) electrons. The van der Waals surface area contributed by atoms with Crippen LogP contribution in [0, 0.1) is 6.92 Å². The summed E-state index contributed by atoms with van der Waals surface area (Å²) in [6.45, 7) is 1.85. The third-order valence-electron chi connectivity index (χ3n) is 3.55. The Balaban J connectivity index is 1.70. The summed E-state index contributed by atoms with van der Waals surface area (Å²) < 4.78 is 0. The van der Waals surface area contributed by atoms with Crippen molar-refractivity contribution in [3.05, 3.63) is 71.6 Å². The highest BCUT2D eigenvalue weighted by atomic mass is 32.2. The van der Waals surface area contributed by atoms with E-state index in [2.05, 4.69) is 10.4 Å². The number of hydrogen-bond acceptors (Lipinski definition) is 4. The minimum absolute atomic E-state index is 0.115. The van der Waals surface area contributed by atoms with Crippen molar-refractivity contribution < 1.29 is 9.59 Å². The Morgan fingerprint density at radius 3 is 2.79 bits per heavy atom. The zero-order valence-corrected chi connectivity index (χ0v) is 14.0. The topological polar surface area (TPSA) is 62.3 Å². The Labute approximate surface area is 144 Å². The number of nitrogens with zero attached hydrogens (tertiary/aromatic N) is 2. The molecule has 122 valence electrons. The van der Waals surface area contributed by atoms with E-state index in [-0.39, 0.29) is 17.2 Å². The second kappa shape index (κ2) is 7.31. The molecule has 2 heterocycles. The molecule has 2 amide bonds. The number of nitrogens with one attached hydrogen (secondary N) is 1. The predicted octanol–water partition coefficient (Wildman–Crippen LogP) is 2.65. The van der Waals surface area contributed by atoms with Crippen molar-refractivity contribution in [1.82, 2.24) is 15.4 Å². The summed E-state index contributed by atoms with van der Waals surface area (Å²) in [4.78, 5) is 28.5. The fourth-order valence-electron chi connectivity index (χ4n) is 2.24. The summed E-state index contributed by atoms with van der Waals surface area (Å²) in [5, 5.41) is 1.16. The van der Waals surface area contributed by atoms with Crippen LogP contribution >= 0.6 is 11.8 Å². The van der Waals surface area contributed by atoms with Crippen molar-refractivity contribution in [2.75, 3.05) is 5.75 Å². The molecule has 1 unspecified atom stereocenters. The fourth-order valence-corrected chi connectivity index (χ4v) is 3.21. The normalized spacial score (nSPS) is 17.5. The summed E-state index contributed by atoms with van der Waals surface area (Å²) >= 11 is 1.48. The van der Waals surface area contributed by atoms with Crippen molar-refractivity contribution in [3.63, 3.8) is 0 Å². The molecular weight excluding hydrogens is 322 g/mol. The third-order valence-corrected chi connectivity index (χ3v) is 4.67. The molecule has 0 spiro atoms. The van der Waals surface area contributed by atoms with Crippen LogP contribution < -0.4 is 5.43 Å². The van der Waals surface area contributed by atoms with Gasteiger partial charge in [-0.1, -0.05) is 36.4 Å². The van der Waals surface area contributed by atoms with Crippen LogP contribution in [-0.2, 0) is 4.79 Å². The first-order chi connectivity index (χ1) is 11.6. The molecular formula is C18H17N3O2S. The van der Waals surface area contributed by atoms with Gasteiger partial charge in [0.2, 0.25) is 0 Å². The lowest BCUT2D eigenvalue weighted by molar-refractivity contribution is -0.129. The molecule has 6 heteroatoms. The summed E-state index contributed by atoms with van der Waals surface area (Å²) in [5.74, 6) is -0.108. The highest BCUT2D eigenvalue weighted by molar-refractivity contribution is 8.01. The number of rotatable bonds is 4. The SMILES string of the molecule is Cc1ccc(C(=O)NN2C(=O)CSC2/C=C/c2ccccc2)cn1. The van der Waals surface area contributed by atoms with Crippen LogP contribution in [0.15, 0.2) is 54.7 Å². The monoisotopic (exact) mass is 339 g/mol. The number of amides is 2. The van der Waals surface area contributed by atoms with Crippen molar-refractivity contribution in [2.45, 2.75) is 12.3 Å². The van der Waals surface area contributed by atoms with Gasteiger partial charge in [-0.25, -0.2) is 5.01 Å². The van der Waals surface area contributed by atoms with Gasteiger partial charge in [0.15, 0.2) is 0 Å². The van der Waals surface area contributed by atoms with E-state index in [1.165, 1.54) is 23.0 Å². The van der Waals surface area contributed by atoms with Crippen molar-refractivity contribution in [3.8, 4) is 0 Å². The van der Waals surface area contributed by atoms with Crippen LogP contribution in [0.2, 0.25) is 0 Å². The first-order valence-electron chi connectivity index (χ1n) is 7.54. The molecule has 1 fully saturated rings. The van der Waals surface area contributed by atoms with Gasteiger partial charge >= 0.3 is 0 Å². The fraction of sp³-hybridized carbons (Fsp3) is 0.167. The molecule has 1 atom stereocenters. The second-order valence-electron chi connectivity index (χ2n) is 5.36. The quantitative estimate of drug-likeness (QED) is 0.930. The lowest BCUT2D eigenvalue weighted by atomic mass is 10.2. The molecule has 1 saturated heterocycles. The van der Waals surface area contributed by atoms with Crippen LogP contribution in [0.4, 0.5) is 0 Å². The highest BCUT2D eigenvalue weighted by Crippen LogP contribution is 2.25. The molecule has 1 aromatic heterocycles. The number of hydrazine groups is 1. The van der Waals surface area contributed by atoms with Crippen molar-refractivity contribution in [1.29, 1.82) is 0 Å². The standard InChI is InChI=1S/C18H17N3O2S/c1-13-7-9-15(11-19-13)18(23)20-21-16(22)12-24-17(21)10-8-14-5-3-2-4-6-14/h2-11,17H,12H2,1H3,(H,20,23)/b10-8+. The largest absolute Gasteiger partial charge is 0.272 e. The minimum Gasteiger partial charge on any atom is -0.272 e. The molecule has 0 aliphatic carbocycles. The smallest absolute Gasteiger partial charge is 0.271 e. The average Bonchev–Trinajstić information content (AvgIpc) is 2.94. The minimum atomic E-state index is -0.337. The Morgan fingerprint density at radius 1 is 1.29 bits per heavy atom. The van der Waals surface area contributed by atoms with Crippen molar-refractivity contribution >= 4 is 29.7 Å². The van der Waals surface area contributed by atoms with Crippen LogP contribution in [-0.4, -0.2) is 32.9 Å². The van der Waals surface area contributed by atoms with E-state index in [0.717, 1.165) is 11.3 Å². The van der Waals surface area contributed by atoms with Crippen LogP contribution in [0.3, 0.4) is 0 Å². The van der Waals surface area contributed by atoms with Gasteiger partial charge in [0.25, 0.3) is 11.8 Å². The van der Waals surface area contributed by atoms with E-state index in [4.69, 9.17) is 0 Å². The highest BCUT2D eigenvalue weighted by Gasteiger charge is 2.31. The molecule has 0 saturated carbocycles. The van der Waals surface area contributed by atoms with Gasteiger partial charge in [0.05, 0.1) is 11.3 Å². The molecule has 1 aliphatic heterocycles. The van der Waals surface area contributed by atoms with Gasteiger partial charge in [-0.15, -0.1) is 11.8 Å². The Hall–Kier alpha value is -2.60. The van der Waals surface area contributed by atoms with Gasteiger partial charge in [-0.05, 0) is 30.7 Å². The first kappa shape index (κ1) is 16.3. The molecule has 5 nitrogen and oxygen atoms in total. The van der Waals surface area contributed by atoms with E-state index < -0.39 is 0 Å². The van der Waals surface area contributed by atoms with E-state index in [9.17, 15) is 9.59 Å². The Kier molecular flexibility index (Phi) is 4.96. The predicted molar refractivity (Wildman–Crippen MR) is 95.0 cm³/mol. The Bertz CT molecular complexity index is 760. The van der Waals surface area contributed by atoms with Gasteiger partial charge in [-0.2, -0.15) is 0 Å². The number of aryl methyl sites for hydroxylation is 1. The summed E-state index contributed by atoms with van der Waals surface area (Å²) in [6, 6.07) is 13.3. The number of pyridine rings is 1. The average molecular weight is 339 g/mol. The van der Waals surface area contributed by atoms with Crippen LogP contribution in [0.5, 0.6) is 0 Å². The zero-order chi connectivity index (χ0) is 16.9. The zero-order valence-electron chi connectivity index (χ0n) is 13.2. The molecule has 1 aliphatic rings. The van der Waals surface area contributed by atoms with Gasteiger partial charge in [-0.3, -0.25) is 20.0 Å². The first-order valence-corrected chi connectivity index (χ1v) is 8.59.